The Kier molecular flexibility index (Phi) is 8.15. The van der Waals surface area contributed by atoms with Gasteiger partial charge in [0.2, 0.25) is 21.8 Å². The Labute approximate surface area is 189 Å². The summed E-state index contributed by atoms with van der Waals surface area (Å²) in [4.78, 5) is 38.8. The fourth-order valence-corrected chi connectivity index (χ4v) is 4.10. The van der Waals surface area contributed by atoms with Crippen molar-refractivity contribution in [3.8, 4) is 0 Å². The monoisotopic (exact) mass is 459 g/mol. The van der Waals surface area contributed by atoms with E-state index in [1.165, 1.54) is 31.0 Å². The summed E-state index contributed by atoms with van der Waals surface area (Å²) in [5.74, 6) is -1.12. The molecule has 0 saturated heterocycles. The van der Waals surface area contributed by atoms with Crippen molar-refractivity contribution in [1.29, 1.82) is 0 Å². The second-order valence-electron chi connectivity index (χ2n) is 7.61. The number of hydrogen-bond donors (Lipinski definition) is 1. The van der Waals surface area contributed by atoms with Crippen LogP contribution in [0.1, 0.15) is 35.3 Å². The SMILES string of the molecule is CNC(=O)[C@H](C)N(Cc1ccccc1C)C(=O)CN(c1cccc(C(C)=O)c1)S(C)(=O)=O. The second-order valence-corrected chi connectivity index (χ2v) is 9.52. The van der Waals surface area contributed by atoms with Gasteiger partial charge in [-0.25, -0.2) is 8.42 Å². The van der Waals surface area contributed by atoms with Gasteiger partial charge in [0.05, 0.1) is 11.9 Å². The van der Waals surface area contributed by atoms with Crippen molar-refractivity contribution in [2.75, 3.05) is 24.2 Å². The molecule has 1 N–H and O–H groups in total. The highest BCUT2D eigenvalue weighted by atomic mass is 32.2. The van der Waals surface area contributed by atoms with Gasteiger partial charge in [-0.05, 0) is 44.0 Å². The van der Waals surface area contributed by atoms with Crippen molar-refractivity contribution in [1.82, 2.24) is 10.2 Å². The van der Waals surface area contributed by atoms with Crippen LogP contribution >= 0.6 is 0 Å². The van der Waals surface area contributed by atoms with E-state index in [-0.39, 0.29) is 23.9 Å². The Bertz CT molecular complexity index is 1110. The zero-order valence-electron chi connectivity index (χ0n) is 19.0. The molecule has 0 spiro atoms. The number of carbonyl (C=O) groups is 3. The van der Waals surface area contributed by atoms with E-state index in [1.54, 1.807) is 19.1 Å². The quantitative estimate of drug-likeness (QED) is 0.579. The maximum absolute atomic E-state index is 13.3. The van der Waals surface area contributed by atoms with E-state index in [0.717, 1.165) is 21.7 Å². The van der Waals surface area contributed by atoms with E-state index in [2.05, 4.69) is 5.32 Å². The van der Waals surface area contributed by atoms with Crippen LogP contribution in [0.2, 0.25) is 0 Å². The molecule has 9 heteroatoms. The maximum atomic E-state index is 13.3. The number of hydrogen-bond acceptors (Lipinski definition) is 5. The molecule has 0 aliphatic rings. The number of ketones is 1. The minimum absolute atomic E-state index is 0.144. The van der Waals surface area contributed by atoms with Gasteiger partial charge in [-0.15, -0.1) is 0 Å². The average molecular weight is 460 g/mol. The molecule has 0 aromatic heterocycles. The first-order valence-electron chi connectivity index (χ1n) is 10.1. The number of carbonyl (C=O) groups excluding carboxylic acids is 3. The highest BCUT2D eigenvalue weighted by Crippen LogP contribution is 2.21. The molecule has 1 atom stereocenters. The number of anilines is 1. The third kappa shape index (κ3) is 6.16. The molecule has 32 heavy (non-hydrogen) atoms. The Hall–Kier alpha value is -3.20. The van der Waals surface area contributed by atoms with E-state index in [0.29, 0.717) is 5.56 Å². The lowest BCUT2D eigenvalue weighted by Crippen LogP contribution is -2.50. The Morgan fingerprint density at radius 1 is 1.06 bits per heavy atom. The molecule has 2 aromatic rings. The predicted octanol–water partition coefficient (Wildman–Crippen LogP) is 2.13. The lowest BCUT2D eigenvalue weighted by molar-refractivity contribution is -0.139. The summed E-state index contributed by atoms with van der Waals surface area (Å²) in [5.41, 5.74) is 2.33. The van der Waals surface area contributed by atoms with E-state index in [9.17, 15) is 22.8 Å². The smallest absolute Gasteiger partial charge is 0.244 e. The molecule has 2 aromatic carbocycles. The topological polar surface area (TPSA) is 104 Å². The van der Waals surface area contributed by atoms with Gasteiger partial charge in [0.1, 0.15) is 12.6 Å². The molecular formula is C23H29N3O5S. The summed E-state index contributed by atoms with van der Waals surface area (Å²) in [5, 5.41) is 2.53. The number of aryl methyl sites for hydroxylation is 1. The number of benzene rings is 2. The lowest BCUT2D eigenvalue weighted by atomic mass is 10.1. The van der Waals surface area contributed by atoms with E-state index >= 15 is 0 Å². The number of sulfonamides is 1. The van der Waals surface area contributed by atoms with Crippen LogP contribution in [0.5, 0.6) is 0 Å². The van der Waals surface area contributed by atoms with Crippen molar-refractivity contribution in [2.24, 2.45) is 0 Å². The summed E-state index contributed by atoms with van der Waals surface area (Å²) in [6.07, 6.45) is 0.995. The molecule has 0 fully saturated rings. The normalized spacial score (nSPS) is 12.0. The molecule has 0 unspecified atom stereocenters. The standard InChI is InChI=1S/C23H29N3O5S/c1-16-9-6-7-10-20(16)14-25(17(2)23(29)24-4)22(28)15-26(32(5,30)31)21-12-8-11-19(13-21)18(3)27/h6-13,17H,14-15H2,1-5H3,(H,24,29)/t17-/m0/s1. The van der Waals surface area contributed by atoms with Gasteiger partial charge in [-0.2, -0.15) is 0 Å². The number of nitrogens with one attached hydrogen (secondary N) is 1. The number of Topliss-reactive ketones (excluding diaryl/α,β-unsaturated/α-hetero) is 1. The Morgan fingerprint density at radius 3 is 2.28 bits per heavy atom. The van der Waals surface area contributed by atoms with Crippen LogP contribution < -0.4 is 9.62 Å². The lowest BCUT2D eigenvalue weighted by Gasteiger charge is -2.31. The fourth-order valence-electron chi connectivity index (χ4n) is 3.26. The van der Waals surface area contributed by atoms with Crippen molar-refractivity contribution in [3.05, 3.63) is 65.2 Å². The molecule has 0 aliphatic carbocycles. The van der Waals surface area contributed by atoms with Crippen LogP contribution in [-0.4, -0.2) is 56.8 Å². The van der Waals surface area contributed by atoms with Crippen LogP contribution in [0.15, 0.2) is 48.5 Å². The molecule has 2 amide bonds. The van der Waals surface area contributed by atoms with E-state index < -0.39 is 28.5 Å². The van der Waals surface area contributed by atoms with Crippen molar-refractivity contribution in [2.45, 2.75) is 33.4 Å². The first-order valence-corrected chi connectivity index (χ1v) is 11.9. The largest absolute Gasteiger partial charge is 0.357 e. The summed E-state index contributed by atoms with van der Waals surface area (Å²) in [6, 6.07) is 12.7. The van der Waals surface area contributed by atoms with Crippen LogP contribution in [0.25, 0.3) is 0 Å². The van der Waals surface area contributed by atoms with Crippen molar-refractivity contribution < 1.29 is 22.8 Å². The molecule has 8 nitrogen and oxygen atoms in total. The fraction of sp³-hybridized carbons (Fsp3) is 0.348. The first-order chi connectivity index (χ1) is 15.0. The van der Waals surface area contributed by atoms with Gasteiger partial charge in [0, 0.05) is 19.2 Å². The molecule has 0 saturated carbocycles. The average Bonchev–Trinajstić information content (AvgIpc) is 2.74. The number of nitrogens with zero attached hydrogens (tertiary/aromatic N) is 2. The van der Waals surface area contributed by atoms with Crippen LogP contribution in [0, 0.1) is 6.92 Å². The van der Waals surface area contributed by atoms with Crippen LogP contribution in [-0.2, 0) is 26.2 Å². The van der Waals surface area contributed by atoms with Gasteiger partial charge in [-0.1, -0.05) is 36.4 Å². The van der Waals surface area contributed by atoms with E-state index in [1.807, 2.05) is 31.2 Å². The zero-order chi connectivity index (χ0) is 24.1. The maximum Gasteiger partial charge on any atom is 0.244 e. The van der Waals surface area contributed by atoms with Gasteiger partial charge in [-0.3, -0.25) is 18.7 Å². The van der Waals surface area contributed by atoms with Gasteiger partial charge in [0.15, 0.2) is 5.78 Å². The predicted molar refractivity (Wildman–Crippen MR) is 124 cm³/mol. The highest BCUT2D eigenvalue weighted by molar-refractivity contribution is 7.92. The van der Waals surface area contributed by atoms with Crippen LogP contribution in [0.4, 0.5) is 5.69 Å². The third-order valence-electron chi connectivity index (χ3n) is 5.24. The zero-order valence-corrected chi connectivity index (χ0v) is 19.8. The third-order valence-corrected chi connectivity index (χ3v) is 6.38. The Morgan fingerprint density at radius 2 is 1.72 bits per heavy atom. The Balaban J connectivity index is 2.43. The molecule has 0 heterocycles. The molecule has 172 valence electrons. The minimum atomic E-state index is -3.85. The summed E-state index contributed by atoms with van der Waals surface area (Å²) in [7, 11) is -2.37. The number of amides is 2. The van der Waals surface area contributed by atoms with Gasteiger partial charge < -0.3 is 10.2 Å². The van der Waals surface area contributed by atoms with Gasteiger partial charge in [0.25, 0.3) is 0 Å². The van der Waals surface area contributed by atoms with Gasteiger partial charge >= 0.3 is 0 Å². The molecule has 0 aliphatic heterocycles. The number of likely N-dealkylation sites (N-methyl/N-ethyl adjacent to an activating group) is 1. The summed E-state index contributed by atoms with van der Waals surface area (Å²) in [6.45, 7) is 4.51. The number of rotatable bonds is 9. The second kappa shape index (κ2) is 10.4. The molecule has 0 radical (unpaired) electrons. The van der Waals surface area contributed by atoms with Crippen LogP contribution in [0.3, 0.4) is 0 Å². The molecular weight excluding hydrogens is 430 g/mol. The molecule has 2 rings (SSSR count). The first kappa shape index (κ1) is 25.1. The summed E-state index contributed by atoms with van der Waals surface area (Å²) < 4.78 is 26.0. The highest BCUT2D eigenvalue weighted by Gasteiger charge is 2.30. The van der Waals surface area contributed by atoms with Crippen molar-refractivity contribution >= 4 is 33.3 Å². The van der Waals surface area contributed by atoms with E-state index in [4.69, 9.17) is 0 Å². The summed E-state index contributed by atoms with van der Waals surface area (Å²) >= 11 is 0. The minimum Gasteiger partial charge on any atom is -0.357 e. The van der Waals surface area contributed by atoms with Crippen molar-refractivity contribution in [3.63, 3.8) is 0 Å². The molecule has 0 bridgehead atoms.